The highest BCUT2D eigenvalue weighted by atomic mass is 16.5. The molecule has 0 aliphatic heterocycles. The first-order chi connectivity index (χ1) is 15.1. The van der Waals surface area contributed by atoms with E-state index in [9.17, 15) is 9.90 Å². The number of anilines is 1. The van der Waals surface area contributed by atoms with Gasteiger partial charge in [-0.15, -0.1) is 0 Å². The molecule has 0 aliphatic carbocycles. The number of nitrogens with two attached hydrogens (primary N) is 1. The number of carbonyl (C=O) groups is 1. The number of ether oxygens (including phenoxy) is 1. The quantitative estimate of drug-likeness (QED) is 0.458. The third kappa shape index (κ3) is 4.16. The molecular weight excluding hydrogens is 404 g/mol. The largest absolute Gasteiger partial charge is 0.457 e. The number of esters is 1. The van der Waals surface area contributed by atoms with Crippen molar-refractivity contribution in [3.05, 3.63) is 65.5 Å². The van der Waals surface area contributed by atoms with E-state index in [4.69, 9.17) is 15.5 Å². The average Bonchev–Trinajstić information content (AvgIpc) is 3.12. The van der Waals surface area contributed by atoms with Crippen LogP contribution in [0.2, 0.25) is 0 Å². The highest BCUT2D eigenvalue weighted by Crippen LogP contribution is 2.33. The van der Waals surface area contributed by atoms with Crippen molar-refractivity contribution in [1.29, 1.82) is 0 Å². The summed E-state index contributed by atoms with van der Waals surface area (Å²) in [5.41, 5.74) is 9.32. The molecule has 2 aromatic carbocycles. The SMILES string of the molecule is CC(O)Cn1c(C(C)(C)C)nc2c(N)nc3cc(C(=O)OCc4ccccc4)ccc3c21. The Bertz CT molecular complexity index is 1290. The molecule has 0 amide bonds. The number of aliphatic hydroxyl groups excluding tert-OH is 1. The molecule has 3 N–H and O–H groups in total. The molecule has 4 aromatic rings. The zero-order valence-corrected chi connectivity index (χ0v) is 18.8. The van der Waals surface area contributed by atoms with Crippen molar-refractivity contribution in [3.8, 4) is 0 Å². The lowest BCUT2D eigenvalue weighted by Crippen LogP contribution is -2.22. The highest BCUT2D eigenvalue weighted by molar-refractivity contribution is 6.08. The Hall–Kier alpha value is -3.45. The number of rotatable bonds is 5. The predicted octanol–water partition coefficient (Wildman–Crippen LogP) is 4.20. The second-order valence-corrected chi connectivity index (χ2v) is 9.13. The van der Waals surface area contributed by atoms with Gasteiger partial charge in [0.15, 0.2) is 5.82 Å². The smallest absolute Gasteiger partial charge is 0.338 e. The van der Waals surface area contributed by atoms with Gasteiger partial charge in [-0.05, 0) is 30.7 Å². The van der Waals surface area contributed by atoms with Crippen molar-refractivity contribution in [2.24, 2.45) is 0 Å². The van der Waals surface area contributed by atoms with Crippen LogP contribution in [-0.2, 0) is 23.3 Å². The lowest BCUT2D eigenvalue weighted by Gasteiger charge is -2.21. The summed E-state index contributed by atoms with van der Waals surface area (Å²) in [5.74, 6) is 0.682. The van der Waals surface area contributed by atoms with Crippen LogP contribution < -0.4 is 5.73 Å². The van der Waals surface area contributed by atoms with Crippen molar-refractivity contribution in [3.63, 3.8) is 0 Å². The van der Waals surface area contributed by atoms with E-state index in [0.29, 0.717) is 23.1 Å². The van der Waals surface area contributed by atoms with Gasteiger partial charge in [0, 0.05) is 10.8 Å². The summed E-state index contributed by atoms with van der Waals surface area (Å²) in [4.78, 5) is 21.9. The van der Waals surface area contributed by atoms with Crippen molar-refractivity contribution in [2.75, 3.05) is 5.73 Å². The molecule has 166 valence electrons. The molecule has 1 unspecified atom stereocenters. The van der Waals surface area contributed by atoms with Gasteiger partial charge in [-0.2, -0.15) is 0 Å². The Balaban J connectivity index is 1.79. The Morgan fingerprint density at radius 1 is 1.16 bits per heavy atom. The van der Waals surface area contributed by atoms with Crippen molar-refractivity contribution in [1.82, 2.24) is 14.5 Å². The maximum Gasteiger partial charge on any atom is 0.338 e. The maximum absolute atomic E-state index is 12.6. The van der Waals surface area contributed by atoms with Crippen molar-refractivity contribution in [2.45, 2.75) is 52.4 Å². The summed E-state index contributed by atoms with van der Waals surface area (Å²) >= 11 is 0. The van der Waals surface area contributed by atoms with E-state index in [-0.39, 0.29) is 17.8 Å². The Kier molecular flexibility index (Phi) is 5.60. The van der Waals surface area contributed by atoms with Gasteiger partial charge in [0.1, 0.15) is 17.9 Å². The number of carbonyl (C=O) groups excluding carboxylic acids is 1. The molecule has 0 spiro atoms. The fourth-order valence-electron chi connectivity index (χ4n) is 3.86. The fourth-order valence-corrected chi connectivity index (χ4v) is 3.86. The van der Waals surface area contributed by atoms with Crippen LogP contribution in [0.3, 0.4) is 0 Å². The molecule has 4 rings (SSSR count). The van der Waals surface area contributed by atoms with Gasteiger partial charge in [-0.1, -0.05) is 51.1 Å². The molecule has 0 saturated heterocycles. The molecular formula is C25H28N4O3. The molecule has 0 fully saturated rings. The van der Waals surface area contributed by atoms with Crippen molar-refractivity contribution < 1.29 is 14.6 Å². The second-order valence-electron chi connectivity index (χ2n) is 9.13. The summed E-state index contributed by atoms with van der Waals surface area (Å²) in [6, 6.07) is 14.8. The van der Waals surface area contributed by atoms with Gasteiger partial charge < -0.3 is 20.1 Å². The molecule has 0 saturated carbocycles. The van der Waals surface area contributed by atoms with Gasteiger partial charge in [0.05, 0.1) is 29.2 Å². The number of pyridine rings is 1. The number of nitrogen functional groups attached to an aromatic ring is 1. The molecule has 2 aromatic heterocycles. The van der Waals surface area contributed by atoms with Gasteiger partial charge in [0.25, 0.3) is 0 Å². The zero-order valence-electron chi connectivity index (χ0n) is 18.8. The summed E-state index contributed by atoms with van der Waals surface area (Å²) in [6.07, 6.45) is -0.565. The van der Waals surface area contributed by atoms with Crippen LogP contribution in [0.15, 0.2) is 48.5 Å². The van der Waals surface area contributed by atoms with E-state index in [1.807, 2.05) is 41.0 Å². The van der Waals surface area contributed by atoms with E-state index in [1.165, 1.54) is 0 Å². The summed E-state index contributed by atoms with van der Waals surface area (Å²) < 4.78 is 7.47. The highest BCUT2D eigenvalue weighted by Gasteiger charge is 2.26. The first kappa shape index (κ1) is 21.8. The number of hydrogen-bond donors (Lipinski definition) is 2. The number of imidazole rings is 1. The third-order valence-electron chi connectivity index (χ3n) is 5.27. The summed E-state index contributed by atoms with van der Waals surface area (Å²) in [6.45, 7) is 8.52. The Morgan fingerprint density at radius 2 is 1.88 bits per heavy atom. The van der Waals surface area contributed by atoms with Crippen LogP contribution in [0.1, 0.15) is 49.4 Å². The molecule has 2 heterocycles. The fraction of sp³-hybridized carbons (Fsp3) is 0.320. The third-order valence-corrected chi connectivity index (χ3v) is 5.27. The van der Waals surface area contributed by atoms with Crippen LogP contribution in [0.5, 0.6) is 0 Å². The summed E-state index contributed by atoms with van der Waals surface area (Å²) in [5, 5.41) is 10.9. The van der Waals surface area contributed by atoms with E-state index in [1.54, 1.807) is 19.1 Å². The van der Waals surface area contributed by atoms with Crippen LogP contribution in [0.4, 0.5) is 5.82 Å². The molecule has 1 atom stereocenters. The van der Waals surface area contributed by atoms with Crippen LogP contribution in [-0.4, -0.2) is 31.7 Å². The van der Waals surface area contributed by atoms with E-state index in [2.05, 4.69) is 25.8 Å². The minimum atomic E-state index is -0.565. The Labute approximate surface area is 186 Å². The van der Waals surface area contributed by atoms with Gasteiger partial charge in [-0.25, -0.2) is 14.8 Å². The van der Waals surface area contributed by atoms with E-state index in [0.717, 1.165) is 22.3 Å². The lowest BCUT2D eigenvalue weighted by atomic mass is 9.95. The first-order valence-corrected chi connectivity index (χ1v) is 10.6. The van der Waals surface area contributed by atoms with Gasteiger partial charge in [-0.3, -0.25) is 0 Å². The lowest BCUT2D eigenvalue weighted by molar-refractivity contribution is 0.0473. The molecule has 0 radical (unpaired) electrons. The van der Waals surface area contributed by atoms with E-state index >= 15 is 0 Å². The van der Waals surface area contributed by atoms with Crippen LogP contribution in [0, 0.1) is 0 Å². The number of fused-ring (bicyclic) bond motifs is 3. The normalized spacial score (nSPS) is 12.9. The molecule has 7 heteroatoms. The molecule has 0 aliphatic rings. The number of hydrogen-bond acceptors (Lipinski definition) is 6. The maximum atomic E-state index is 12.6. The van der Waals surface area contributed by atoms with Crippen LogP contribution in [0.25, 0.3) is 21.9 Å². The molecule has 0 bridgehead atoms. The Morgan fingerprint density at radius 3 is 2.53 bits per heavy atom. The minimum absolute atomic E-state index is 0.197. The monoisotopic (exact) mass is 432 g/mol. The number of aliphatic hydroxyl groups is 1. The minimum Gasteiger partial charge on any atom is -0.457 e. The van der Waals surface area contributed by atoms with Gasteiger partial charge >= 0.3 is 5.97 Å². The van der Waals surface area contributed by atoms with E-state index < -0.39 is 12.1 Å². The summed E-state index contributed by atoms with van der Waals surface area (Å²) in [7, 11) is 0. The first-order valence-electron chi connectivity index (χ1n) is 10.6. The second kappa shape index (κ2) is 8.24. The number of benzene rings is 2. The number of aromatic nitrogens is 3. The topological polar surface area (TPSA) is 103 Å². The van der Waals surface area contributed by atoms with Gasteiger partial charge in [0.2, 0.25) is 0 Å². The molecule has 32 heavy (non-hydrogen) atoms. The standard InChI is InChI=1S/C25H28N4O3/c1-15(30)13-29-21-18-11-10-17(23(31)32-14-16-8-6-5-7-9-16)12-19(18)27-22(26)20(21)28-24(29)25(2,3)4/h5-12,15,30H,13-14H2,1-4H3,(H2,26,27). The van der Waals surface area contributed by atoms with Crippen LogP contribution >= 0.6 is 0 Å². The molecule has 7 nitrogen and oxygen atoms in total. The van der Waals surface area contributed by atoms with Crippen molar-refractivity contribution >= 4 is 33.7 Å². The zero-order chi connectivity index (χ0) is 23.0. The average molecular weight is 433 g/mol. The number of nitrogens with zero attached hydrogens (tertiary/aromatic N) is 3. The predicted molar refractivity (Wildman–Crippen MR) is 125 cm³/mol.